The maximum Gasteiger partial charge on any atom is 0.282 e. The van der Waals surface area contributed by atoms with Gasteiger partial charge in [-0.15, -0.1) is 0 Å². The summed E-state index contributed by atoms with van der Waals surface area (Å²) in [6.07, 6.45) is 1.50. The molecule has 6 heteroatoms. The predicted molar refractivity (Wildman–Crippen MR) is 87.8 cm³/mol. The third-order valence-corrected chi connectivity index (χ3v) is 3.66. The Labute approximate surface area is 134 Å². The number of hydrogen-bond donors (Lipinski definition) is 0. The van der Waals surface area contributed by atoms with Crippen molar-refractivity contribution in [1.82, 2.24) is 9.66 Å². The van der Waals surface area contributed by atoms with Crippen LogP contribution in [0.25, 0.3) is 10.9 Å². The van der Waals surface area contributed by atoms with Crippen LogP contribution < -0.4 is 5.56 Å². The van der Waals surface area contributed by atoms with Crippen LogP contribution in [-0.2, 0) is 0 Å². The van der Waals surface area contributed by atoms with E-state index < -0.39 is 0 Å². The van der Waals surface area contributed by atoms with Gasteiger partial charge in [0.1, 0.15) is 11.6 Å². The third-order valence-electron chi connectivity index (χ3n) is 3.16. The molecule has 3 aromatic rings. The van der Waals surface area contributed by atoms with Crippen LogP contribution in [0.3, 0.4) is 0 Å². The highest BCUT2D eigenvalue weighted by atomic mass is 79.9. The largest absolute Gasteiger partial charge is 0.282 e. The summed E-state index contributed by atoms with van der Waals surface area (Å²) >= 11 is 3.34. The summed E-state index contributed by atoms with van der Waals surface area (Å²) in [5, 5.41) is 4.65. The Morgan fingerprint density at radius 2 is 1.95 bits per heavy atom. The third kappa shape index (κ3) is 2.82. The van der Waals surface area contributed by atoms with Gasteiger partial charge in [0.15, 0.2) is 0 Å². The van der Waals surface area contributed by atoms with E-state index in [-0.39, 0.29) is 11.4 Å². The molecule has 0 amide bonds. The van der Waals surface area contributed by atoms with Crippen LogP contribution >= 0.6 is 15.9 Å². The molecule has 0 unspecified atom stereocenters. The zero-order chi connectivity index (χ0) is 15.7. The molecule has 0 atom stereocenters. The van der Waals surface area contributed by atoms with Crippen molar-refractivity contribution in [1.29, 1.82) is 0 Å². The molecule has 4 nitrogen and oxygen atoms in total. The maximum atomic E-state index is 12.9. The van der Waals surface area contributed by atoms with Gasteiger partial charge in [0.25, 0.3) is 5.56 Å². The predicted octanol–water partition coefficient (Wildman–Crippen LogP) is 3.49. The van der Waals surface area contributed by atoms with Gasteiger partial charge < -0.3 is 0 Å². The molecule has 1 heterocycles. The number of hydrogen-bond acceptors (Lipinski definition) is 3. The minimum Gasteiger partial charge on any atom is -0.267 e. The molecule has 0 aliphatic rings. The SMILES string of the molecule is Cc1nc2ccc(Br)cc2c(=O)n1N=Cc1ccc(F)cc1. The van der Waals surface area contributed by atoms with Gasteiger partial charge in [0.2, 0.25) is 0 Å². The second kappa shape index (κ2) is 5.81. The van der Waals surface area contributed by atoms with E-state index >= 15 is 0 Å². The van der Waals surface area contributed by atoms with Gasteiger partial charge in [-0.1, -0.05) is 28.1 Å². The molecule has 2 aromatic carbocycles. The van der Waals surface area contributed by atoms with E-state index in [1.807, 2.05) is 6.07 Å². The Kier molecular flexibility index (Phi) is 3.85. The Morgan fingerprint density at radius 1 is 1.23 bits per heavy atom. The number of halogens is 2. The minimum absolute atomic E-state index is 0.248. The first-order chi connectivity index (χ1) is 10.5. The number of nitrogens with zero attached hydrogens (tertiary/aromatic N) is 3. The van der Waals surface area contributed by atoms with Crippen LogP contribution in [0.5, 0.6) is 0 Å². The maximum absolute atomic E-state index is 12.9. The zero-order valence-corrected chi connectivity index (χ0v) is 13.2. The normalized spacial score (nSPS) is 11.4. The summed E-state index contributed by atoms with van der Waals surface area (Å²) in [6, 6.07) is 11.2. The molecule has 0 N–H and O–H groups in total. The Balaban J connectivity index is 2.10. The van der Waals surface area contributed by atoms with Gasteiger partial charge in [-0.2, -0.15) is 9.78 Å². The number of benzene rings is 2. The van der Waals surface area contributed by atoms with Gasteiger partial charge in [-0.25, -0.2) is 9.37 Å². The van der Waals surface area contributed by atoms with Gasteiger partial charge in [0, 0.05) is 4.47 Å². The molecule has 1 aromatic heterocycles. The average molecular weight is 360 g/mol. The highest BCUT2D eigenvalue weighted by Crippen LogP contribution is 2.15. The van der Waals surface area contributed by atoms with E-state index in [9.17, 15) is 9.18 Å². The average Bonchev–Trinajstić information content (AvgIpc) is 2.50. The fraction of sp³-hybridized carbons (Fsp3) is 0.0625. The quantitative estimate of drug-likeness (QED) is 0.657. The lowest BCUT2D eigenvalue weighted by Crippen LogP contribution is -2.20. The molecule has 0 saturated heterocycles. The summed E-state index contributed by atoms with van der Waals surface area (Å²) in [4.78, 5) is 16.9. The first kappa shape index (κ1) is 14.6. The molecule has 0 bridgehead atoms. The first-order valence-electron chi connectivity index (χ1n) is 6.53. The van der Waals surface area contributed by atoms with E-state index in [0.717, 1.165) is 4.47 Å². The highest BCUT2D eigenvalue weighted by Gasteiger charge is 2.07. The monoisotopic (exact) mass is 359 g/mol. The van der Waals surface area contributed by atoms with Crippen LogP contribution in [0.2, 0.25) is 0 Å². The fourth-order valence-corrected chi connectivity index (χ4v) is 2.43. The van der Waals surface area contributed by atoms with Gasteiger partial charge >= 0.3 is 0 Å². The molecule has 110 valence electrons. The van der Waals surface area contributed by atoms with Crippen LogP contribution in [-0.4, -0.2) is 15.9 Å². The van der Waals surface area contributed by atoms with E-state index in [1.54, 1.807) is 31.2 Å². The van der Waals surface area contributed by atoms with Gasteiger partial charge in [-0.05, 0) is 42.8 Å². The Hall–Kier alpha value is -2.34. The van der Waals surface area contributed by atoms with E-state index in [2.05, 4.69) is 26.0 Å². The van der Waals surface area contributed by atoms with Gasteiger partial charge in [-0.3, -0.25) is 4.79 Å². The van der Waals surface area contributed by atoms with Crippen LogP contribution in [0.1, 0.15) is 11.4 Å². The fourth-order valence-electron chi connectivity index (χ4n) is 2.07. The van der Waals surface area contributed by atoms with Crippen molar-refractivity contribution in [3.63, 3.8) is 0 Å². The molecule has 0 radical (unpaired) electrons. The molecule has 0 fully saturated rings. The number of fused-ring (bicyclic) bond motifs is 1. The molecule has 0 spiro atoms. The molecule has 0 aliphatic heterocycles. The molecular formula is C16H11BrFN3O. The van der Waals surface area contributed by atoms with Crippen LogP contribution in [0.4, 0.5) is 4.39 Å². The van der Waals surface area contributed by atoms with Crippen molar-refractivity contribution in [2.45, 2.75) is 6.92 Å². The number of aryl methyl sites for hydroxylation is 1. The van der Waals surface area contributed by atoms with Crippen molar-refractivity contribution in [2.75, 3.05) is 0 Å². The number of rotatable bonds is 2. The summed E-state index contributed by atoms with van der Waals surface area (Å²) in [5.41, 5.74) is 1.07. The first-order valence-corrected chi connectivity index (χ1v) is 7.33. The summed E-state index contributed by atoms with van der Waals surface area (Å²) in [6.45, 7) is 1.71. The highest BCUT2D eigenvalue weighted by molar-refractivity contribution is 9.10. The van der Waals surface area contributed by atoms with Crippen LogP contribution in [0, 0.1) is 12.7 Å². The molecule has 0 saturated carbocycles. The second-order valence-electron chi connectivity index (χ2n) is 4.73. The molecule has 0 aliphatic carbocycles. The lowest BCUT2D eigenvalue weighted by molar-refractivity contribution is 0.628. The van der Waals surface area contributed by atoms with E-state index in [4.69, 9.17) is 0 Å². The van der Waals surface area contributed by atoms with E-state index in [1.165, 1.54) is 23.0 Å². The van der Waals surface area contributed by atoms with Crippen LogP contribution in [0.15, 0.2) is 56.8 Å². The van der Waals surface area contributed by atoms with Crippen molar-refractivity contribution >= 4 is 33.0 Å². The van der Waals surface area contributed by atoms with Crippen molar-refractivity contribution < 1.29 is 4.39 Å². The minimum atomic E-state index is -0.317. The molecule has 22 heavy (non-hydrogen) atoms. The van der Waals surface area contributed by atoms with Crippen molar-refractivity contribution in [3.05, 3.63) is 74.5 Å². The number of aromatic nitrogens is 2. The summed E-state index contributed by atoms with van der Waals surface area (Å²) < 4.78 is 14.9. The Morgan fingerprint density at radius 3 is 2.68 bits per heavy atom. The molecular weight excluding hydrogens is 349 g/mol. The summed E-state index contributed by atoms with van der Waals surface area (Å²) in [7, 11) is 0. The molecule has 3 rings (SSSR count). The smallest absolute Gasteiger partial charge is 0.267 e. The van der Waals surface area contributed by atoms with Crippen molar-refractivity contribution in [3.8, 4) is 0 Å². The zero-order valence-electron chi connectivity index (χ0n) is 11.6. The summed E-state index contributed by atoms with van der Waals surface area (Å²) in [5.74, 6) is 0.168. The van der Waals surface area contributed by atoms with E-state index in [0.29, 0.717) is 22.3 Å². The van der Waals surface area contributed by atoms with Crippen molar-refractivity contribution in [2.24, 2.45) is 5.10 Å². The Bertz CT molecular complexity index is 933. The topological polar surface area (TPSA) is 47.2 Å². The standard InChI is InChI=1S/C16H11BrFN3O/c1-10-20-15-7-4-12(17)8-14(15)16(22)21(10)19-9-11-2-5-13(18)6-3-11/h2-9H,1H3. The lowest BCUT2D eigenvalue weighted by Gasteiger charge is -2.05. The lowest BCUT2D eigenvalue weighted by atomic mass is 10.2. The van der Waals surface area contributed by atoms with Gasteiger partial charge in [0.05, 0.1) is 17.1 Å². The second-order valence-corrected chi connectivity index (χ2v) is 5.65.